The van der Waals surface area contributed by atoms with Crippen molar-refractivity contribution in [3.63, 3.8) is 0 Å². The molecule has 26 heavy (non-hydrogen) atoms. The second-order valence-electron chi connectivity index (χ2n) is 10.5. The molecule has 4 fully saturated rings. The lowest BCUT2D eigenvalue weighted by Gasteiger charge is -2.59. The van der Waals surface area contributed by atoms with E-state index in [2.05, 4.69) is 20.8 Å². The maximum atomic E-state index is 12.4. The van der Waals surface area contributed by atoms with Gasteiger partial charge in [0.25, 0.3) is 0 Å². The zero-order chi connectivity index (χ0) is 19.1. The molecule has 0 spiro atoms. The Balaban J connectivity index is 0.000000948. The molecule has 0 saturated heterocycles. The van der Waals surface area contributed by atoms with Gasteiger partial charge < -0.3 is 4.79 Å². The maximum absolute atomic E-state index is 12.4. The standard InChI is InChI=1S/C22H35BO.C2H6/c1-14-4-5-17-15-9-11-22(3)18(6-7-19(22)20(24)13-23)16(15)8-10-21(17,2)12-14;1-2/h14-19H,4-13H2,1-3H3;1-2H3. The molecular weight excluding hydrogens is 315 g/mol. The monoisotopic (exact) mass is 356 g/mol. The number of ketones is 1. The predicted molar refractivity (Wildman–Crippen MR) is 111 cm³/mol. The van der Waals surface area contributed by atoms with Gasteiger partial charge in [-0.2, -0.15) is 0 Å². The number of hydrogen-bond donors (Lipinski definition) is 0. The van der Waals surface area contributed by atoms with E-state index >= 15 is 0 Å². The van der Waals surface area contributed by atoms with E-state index in [4.69, 9.17) is 7.85 Å². The molecular formula is C24H41BO. The molecule has 2 radical (unpaired) electrons. The second kappa shape index (κ2) is 7.63. The Labute approximate surface area is 163 Å². The minimum absolute atomic E-state index is 0.250. The molecule has 4 saturated carbocycles. The average molecular weight is 356 g/mol. The van der Waals surface area contributed by atoms with Gasteiger partial charge in [-0.15, -0.1) is 0 Å². The number of carbonyl (C=O) groups is 1. The summed E-state index contributed by atoms with van der Waals surface area (Å²) in [6.45, 7) is 11.5. The molecule has 146 valence electrons. The molecule has 0 aromatic carbocycles. The van der Waals surface area contributed by atoms with Crippen LogP contribution in [0.1, 0.15) is 92.4 Å². The van der Waals surface area contributed by atoms with Crippen LogP contribution in [-0.4, -0.2) is 13.6 Å². The van der Waals surface area contributed by atoms with E-state index < -0.39 is 0 Å². The number of Topliss-reactive ketones (excluding diaryl/α,β-unsaturated/α-hetero) is 1. The summed E-state index contributed by atoms with van der Waals surface area (Å²) in [5.41, 5.74) is 0.866. The number of rotatable bonds is 2. The highest BCUT2D eigenvalue weighted by atomic mass is 16.1. The van der Waals surface area contributed by atoms with Crippen LogP contribution in [0.15, 0.2) is 0 Å². The average Bonchev–Trinajstić information content (AvgIpc) is 2.99. The first-order valence-electron chi connectivity index (χ1n) is 11.6. The van der Waals surface area contributed by atoms with Crippen molar-refractivity contribution in [2.45, 2.75) is 98.7 Å². The fourth-order valence-corrected chi connectivity index (χ4v) is 8.28. The van der Waals surface area contributed by atoms with E-state index in [9.17, 15) is 4.79 Å². The van der Waals surface area contributed by atoms with Crippen molar-refractivity contribution < 1.29 is 4.79 Å². The van der Waals surface area contributed by atoms with Gasteiger partial charge in [0.15, 0.2) is 0 Å². The molecule has 4 aliphatic rings. The molecule has 0 N–H and O–H groups in total. The minimum atomic E-state index is 0.250. The molecule has 0 aromatic rings. The van der Waals surface area contributed by atoms with Crippen molar-refractivity contribution in [3.05, 3.63) is 0 Å². The SMILES string of the molecule is CC.[B]CC(=O)C1CCC2C3CCC4(C)CC(C)CCC4C3CCC12C. The van der Waals surface area contributed by atoms with Crippen LogP contribution in [0.25, 0.3) is 0 Å². The van der Waals surface area contributed by atoms with E-state index in [1.54, 1.807) is 0 Å². The molecule has 4 aliphatic carbocycles. The molecule has 1 nitrogen and oxygen atoms in total. The van der Waals surface area contributed by atoms with Gasteiger partial charge in [-0.1, -0.05) is 41.0 Å². The summed E-state index contributed by atoms with van der Waals surface area (Å²) < 4.78 is 0. The van der Waals surface area contributed by atoms with Gasteiger partial charge in [0.05, 0.1) is 7.85 Å². The zero-order valence-corrected chi connectivity index (χ0v) is 18.0. The van der Waals surface area contributed by atoms with Gasteiger partial charge in [0.1, 0.15) is 5.78 Å². The number of carbonyl (C=O) groups excluding carboxylic acids is 1. The number of hydrogen-bond acceptors (Lipinski definition) is 1. The van der Waals surface area contributed by atoms with Crippen LogP contribution in [0.2, 0.25) is 6.32 Å². The lowest BCUT2D eigenvalue weighted by Crippen LogP contribution is -2.52. The van der Waals surface area contributed by atoms with Gasteiger partial charge >= 0.3 is 0 Å². The van der Waals surface area contributed by atoms with E-state index in [1.165, 1.54) is 51.4 Å². The molecule has 0 aliphatic heterocycles. The first-order chi connectivity index (χ1) is 12.4. The third-order valence-corrected chi connectivity index (χ3v) is 9.33. The van der Waals surface area contributed by atoms with E-state index in [0.29, 0.717) is 11.2 Å². The van der Waals surface area contributed by atoms with E-state index in [0.717, 1.165) is 36.0 Å². The molecule has 0 bridgehead atoms. The lowest BCUT2D eigenvalue weighted by molar-refractivity contribution is -0.131. The van der Waals surface area contributed by atoms with Crippen LogP contribution >= 0.6 is 0 Å². The van der Waals surface area contributed by atoms with Gasteiger partial charge in [0, 0.05) is 5.92 Å². The third-order valence-electron chi connectivity index (χ3n) is 9.33. The smallest absolute Gasteiger partial charge is 0.128 e. The van der Waals surface area contributed by atoms with Crippen molar-refractivity contribution in [3.8, 4) is 0 Å². The number of fused-ring (bicyclic) bond motifs is 5. The molecule has 8 unspecified atom stereocenters. The van der Waals surface area contributed by atoms with Crippen molar-refractivity contribution in [1.82, 2.24) is 0 Å². The second-order valence-corrected chi connectivity index (χ2v) is 10.5. The highest BCUT2D eigenvalue weighted by Crippen LogP contribution is 2.66. The molecule has 0 aromatic heterocycles. The Morgan fingerprint density at radius 3 is 2.23 bits per heavy atom. The van der Waals surface area contributed by atoms with Crippen molar-refractivity contribution in [2.24, 2.45) is 46.3 Å². The maximum Gasteiger partial charge on any atom is 0.128 e. The molecule has 0 amide bonds. The normalized spacial score (nSPS) is 49.9. The largest absolute Gasteiger partial charge is 0.300 e. The molecule has 4 rings (SSSR count). The van der Waals surface area contributed by atoms with Gasteiger partial charge in [0.2, 0.25) is 0 Å². The first-order valence-corrected chi connectivity index (χ1v) is 11.6. The summed E-state index contributed by atoms with van der Waals surface area (Å²) in [5, 5.41) is 0. The minimum Gasteiger partial charge on any atom is -0.300 e. The third kappa shape index (κ3) is 3.12. The van der Waals surface area contributed by atoms with Crippen LogP contribution in [-0.2, 0) is 4.79 Å². The lowest BCUT2D eigenvalue weighted by atomic mass is 9.45. The van der Waals surface area contributed by atoms with Crippen molar-refractivity contribution >= 4 is 13.6 Å². The highest BCUT2D eigenvalue weighted by Gasteiger charge is 2.59. The van der Waals surface area contributed by atoms with Crippen LogP contribution < -0.4 is 0 Å². The van der Waals surface area contributed by atoms with Crippen LogP contribution in [0, 0.1) is 46.3 Å². The molecule has 8 atom stereocenters. The highest BCUT2D eigenvalue weighted by molar-refractivity contribution is 6.20. The topological polar surface area (TPSA) is 17.1 Å². The summed E-state index contributed by atoms with van der Waals surface area (Å²) in [5.74, 6) is 5.11. The fourth-order valence-electron chi connectivity index (χ4n) is 8.28. The van der Waals surface area contributed by atoms with Gasteiger partial charge in [-0.3, -0.25) is 0 Å². The fraction of sp³-hybridized carbons (Fsp3) is 0.958. The summed E-state index contributed by atoms with van der Waals surface area (Å²) in [7, 11) is 5.73. The Bertz CT molecular complexity index is 516. The van der Waals surface area contributed by atoms with Crippen LogP contribution in [0.3, 0.4) is 0 Å². The molecule has 2 heteroatoms. The first kappa shape index (κ1) is 20.5. The Hall–Kier alpha value is -0.265. The summed E-state index contributed by atoms with van der Waals surface area (Å²) in [6.07, 6.45) is 12.5. The predicted octanol–water partition coefficient (Wildman–Crippen LogP) is 6.46. The van der Waals surface area contributed by atoms with Crippen LogP contribution in [0.4, 0.5) is 0 Å². The quantitative estimate of drug-likeness (QED) is 0.519. The van der Waals surface area contributed by atoms with Crippen molar-refractivity contribution in [1.29, 1.82) is 0 Å². The zero-order valence-electron chi connectivity index (χ0n) is 18.0. The molecule has 0 heterocycles. The van der Waals surface area contributed by atoms with E-state index in [1.807, 2.05) is 13.8 Å². The van der Waals surface area contributed by atoms with E-state index in [-0.39, 0.29) is 17.7 Å². The van der Waals surface area contributed by atoms with Gasteiger partial charge in [-0.05, 0) is 98.1 Å². The van der Waals surface area contributed by atoms with Gasteiger partial charge in [-0.25, -0.2) is 0 Å². The van der Waals surface area contributed by atoms with Crippen molar-refractivity contribution in [2.75, 3.05) is 0 Å². The summed E-state index contributed by atoms with van der Waals surface area (Å²) in [6, 6.07) is 0. The summed E-state index contributed by atoms with van der Waals surface area (Å²) >= 11 is 0. The Morgan fingerprint density at radius 2 is 1.54 bits per heavy atom. The Morgan fingerprint density at radius 1 is 0.923 bits per heavy atom. The Kier molecular flexibility index (Phi) is 6.01. The van der Waals surface area contributed by atoms with Crippen LogP contribution in [0.5, 0.6) is 0 Å². The summed E-state index contributed by atoms with van der Waals surface area (Å²) in [4.78, 5) is 12.4.